The number of furan rings is 1. The Balaban J connectivity index is 1.76. The second-order valence-electron chi connectivity index (χ2n) is 5.22. The maximum Gasteiger partial charge on any atom is 0.121 e. The minimum atomic E-state index is -0.0434. The summed E-state index contributed by atoms with van der Waals surface area (Å²) in [4.78, 5) is 0. The first-order valence-corrected chi connectivity index (χ1v) is 6.65. The van der Waals surface area contributed by atoms with E-state index in [9.17, 15) is 0 Å². The van der Waals surface area contributed by atoms with Crippen molar-refractivity contribution in [3.63, 3.8) is 0 Å². The fraction of sp³-hybridized carbons (Fsp3) is 0.375. The van der Waals surface area contributed by atoms with E-state index in [1.165, 1.54) is 36.0 Å². The molecule has 0 bridgehead atoms. The van der Waals surface area contributed by atoms with Gasteiger partial charge in [0, 0.05) is 0 Å². The quantitative estimate of drug-likeness (QED) is 0.895. The second-order valence-corrected chi connectivity index (χ2v) is 5.22. The van der Waals surface area contributed by atoms with Gasteiger partial charge in [0.2, 0.25) is 0 Å². The van der Waals surface area contributed by atoms with Gasteiger partial charge >= 0.3 is 0 Å². The van der Waals surface area contributed by atoms with Gasteiger partial charge in [-0.15, -0.1) is 0 Å². The van der Waals surface area contributed by atoms with Gasteiger partial charge < -0.3 is 10.2 Å². The van der Waals surface area contributed by atoms with Gasteiger partial charge in [-0.1, -0.05) is 18.2 Å². The third-order valence-electron chi connectivity index (χ3n) is 3.75. The Kier molecular flexibility index (Phi) is 2.96. The minimum Gasteiger partial charge on any atom is -0.465 e. The van der Waals surface area contributed by atoms with Crippen molar-refractivity contribution in [2.24, 2.45) is 5.73 Å². The number of hydrogen-bond donors (Lipinski definition) is 1. The molecule has 1 heterocycles. The smallest absolute Gasteiger partial charge is 0.121 e. The standard InChI is InChI=1S/C16H19NO/c1-11-5-8-16(18-11)15(17)10-12-6-7-13-3-2-4-14(13)9-12/h5-9,15H,2-4,10,17H2,1H3. The molecule has 3 rings (SSSR count). The van der Waals surface area contributed by atoms with Crippen LogP contribution < -0.4 is 5.73 Å². The molecule has 18 heavy (non-hydrogen) atoms. The fourth-order valence-corrected chi connectivity index (χ4v) is 2.76. The molecule has 2 nitrogen and oxygen atoms in total. The average Bonchev–Trinajstić information content (AvgIpc) is 2.96. The molecule has 2 heteroatoms. The third-order valence-corrected chi connectivity index (χ3v) is 3.75. The van der Waals surface area contributed by atoms with Crippen LogP contribution in [0.25, 0.3) is 0 Å². The maximum atomic E-state index is 6.19. The monoisotopic (exact) mass is 241 g/mol. The van der Waals surface area contributed by atoms with Crippen LogP contribution in [0.4, 0.5) is 0 Å². The van der Waals surface area contributed by atoms with E-state index in [1.54, 1.807) is 0 Å². The number of benzene rings is 1. The molecule has 1 aliphatic rings. The van der Waals surface area contributed by atoms with Crippen LogP contribution in [-0.2, 0) is 19.3 Å². The largest absolute Gasteiger partial charge is 0.465 e. The molecule has 2 N–H and O–H groups in total. The summed E-state index contributed by atoms with van der Waals surface area (Å²) in [6, 6.07) is 10.7. The van der Waals surface area contributed by atoms with E-state index in [1.807, 2.05) is 19.1 Å². The van der Waals surface area contributed by atoms with Crippen molar-refractivity contribution in [2.45, 2.75) is 38.6 Å². The summed E-state index contributed by atoms with van der Waals surface area (Å²) >= 11 is 0. The summed E-state index contributed by atoms with van der Waals surface area (Å²) in [7, 11) is 0. The predicted octanol–water partition coefficient (Wildman–Crippen LogP) is 3.32. The van der Waals surface area contributed by atoms with Gasteiger partial charge in [-0.05, 0) is 61.4 Å². The van der Waals surface area contributed by atoms with Crippen molar-refractivity contribution >= 4 is 0 Å². The molecule has 1 aliphatic carbocycles. The number of aryl methyl sites for hydroxylation is 3. The SMILES string of the molecule is Cc1ccc(C(N)Cc2ccc3c(c2)CCC3)o1. The van der Waals surface area contributed by atoms with Gasteiger partial charge in [0.15, 0.2) is 0 Å². The Morgan fingerprint density at radius 1 is 1.17 bits per heavy atom. The molecule has 0 spiro atoms. The molecule has 0 radical (unpaired) electrons. The molecule has 1 atom stereocenters. The Hall–Kier alpha value is -1.54. The van der Waals surface area contributed by atoms with E-state index >= 15 is 0 Å². The highest BCUT2D eigenvalue weighted by atomic mass is 16.3. The molecule has 0 saturated carbocycles. The Morgan fingerprint density at radius 2 is 2.00 bits per heavy atom. The van der Waals surface area contributed by atoms with Gasteiger partial charge in [-0.2, -0.15) is 0 Å². The molecule has 0 fully saturated rings. The lowest BCUT2D eigenvalue weighted by atomic mass is 10.0. The molecular weight excluding hydrogens is 222 g/mol. The number of rotatable bonds is 3. The molecule has 94 valence electrons. The first-order valence-electron chi connectivity index (χ1n) is 6.65. The zero-order valence-electron chi connectivity index (χ0n) is 10.8. The molecule has 1 aromatic heterocycles. The van der Waals surface area contributed by atoms with E-state index in [0.29, 0.717) is 0 Å². The lowest BCUT2D eigenvalue weighted by molar-refractivity contribution is 0.445. The second kappa shape index (κ2) is 4.62. The minimum absolute atomic E-state index is 0.0434. The zero-order valence-corrected chi connectivity index (χ0v) is 10.8. The summed E-state index contributed by atoms with van der Waals surface area (Å²) in [6.45, 7) is 1.95. The zero-order chi connectivity index (χ0) is 12.5. The number of hydrogen-bond acceptors (Lipinski definition) is 2. The maximum absolute atomic E-state index is 6.19. The summed E-state index contributed by atoms with van der Waals surface area (Å²) in [5.41, 5.74) is 10.5. The molecule has 1 aromatic carbocycles. The highest BCUT2D eigenvalue weighted by Crippen LogP contribution is 2.25. The number of nitrogens with two attached hydrogens (primary N) is 1. The van der Waals surface area contributed by atoms with E-state index in [-0.39, 0.29) is 6.04 Å². The molecule has 0 saturated heterocycles. The highest BCUT2D eigenvalue weighted by Gasteiger charge is 2.14. The van der Waals surface area contributed by atoms with Crippen LogP contribution in [0, 0.1) is 6.92 Å². The fourth-order valence-electron chi connectivity index (χ4n) is 2.76. The van der Waals surface area contributed by atoms with Gasteiger partial charge in [-0.25, -0.2) is 0 Å². The predicted molar refractivity (Wildman–Crippen MR) is 72.5 cm³/mol. The molecule has 2 aromatic rings. The van der Waals surface area contributed by atoms with Crippen LogP contribution in [-0.4, -0.2) is 0 Å². The Labute approximate surface area is 108 Å². The van der Waals surface area contributed by atoms with Crippen molar-refractivity contribution in [2.75, 3.05) is 0 Å². The van der Waals surface area contributed by atoms with Crippen LogP contribution in [0.15, 0.2) is 34.7 Å². The normalized spacial score (nSPS) is 15.7. The molecule has 0 amide bonds. The molecular formula is C16H19NO. The van der Waals surface area contributed by atoms with Gasteiger partial charge in [-0.3, -0.25) is 0 Å². The van der Waals surface area contributed by atoms with E-state index in [2.05, 4.69) is 18.2 Å². The Morgan fingerprint density at radius 3 is 2.78 bits per heavy atom. The summed E-state index contributed by atoms with van der Waals surface area (Å²) in [6.07, 6.45) is 4.60. The Bertz CT molecular complexity index is 556. The highest BCUT2D eigenvalue weighted by molar-refractivity contribution is 5.35. The van der Waals surface area contributed by atoms with Crippen molar-refractivity contribution in [1.29, 1.82) is 0 Å². The van der Waals surface area contributed by atoms with Crippen molar-refractivity contribution in [3.05, 3.63) is 58.5 Å². The number of fused-ring (bicyclic) bond motifs is 1. The van der Waals surface area contributed by atoms with Crippen LogP contribution in [0.2, 0.25) is 0 Å². The summed E-state index contributed by atoms with van der Waals surface area (Å²) < 4.78 is 5.59. The van der Waals surface area contributed by atoms with Gasteiger partial charge in [0.05, 0.1) is 6.04 Å². The van der Waals surface area contributed by atoms with Gasteiger partial charge in [0.25, 0.3) is 0 Å². The van der Waals surface area contributed by atoms with Crippen molar-refractivity contribution in [3.8, 4) is 0 Å². The topological polar surface area (TPSA) is 39.2 Å². The lowest BCUT2D eigenvalue weighted by Gasteiger charge is -2.10. The van der Waals surface area contributed by atoms with Crippen LogP contribution >= 0.6 is 0 Å². The van der Waals surface area contributed by atoms with E-state index in [0.717, 1.165) is 17.9 Å². The first kappa shape index (κ1) is 11.5. The van der Waals surface area contributed by atoms with Crippen LogP contribution in [0.3, 0.4) is 0 Å². The first-order chi connectivity index (χ1) is 8.72. The van der Waals surface area contributed by atoms with Crippen molar-refractivity contribution < 1.29 is 4.42 Å². The van der Waals surface area contributed by atoms with Crippen LogP contribution in [0.5, 0.6) is 0 Å². The van der Waals surface area contributed by atoms with E-state index < -0.39 is 0 Å². The molecule has 1 unspecified atom stereocenters. The third kappa shape index (κ3) is 2.21. The lowest BCUT2D eigenvalue weighted by Crippen LogP contribution is -2.12. The van der Waals surface area contributed by atoms with E-state index in [4.69, 9.17) is 10.2 Å². The van der Waals surface area contributed by atoms with Crippen LogP contribution in [0.1, 0.15) is 40.7 Å². The average molecular weight is 241 g/mol. The van der Waals surface area contributed by atoms with Gasteiger partial charge in [0.1, 0.15) is 11.5 Å². The molecule has 0 aliphatic heterocycles. The summed E-state index contributed by atoms with van der Waals surface area (Å²) in [5, 5.41) is 0. The van der Waals surface area contributed by atoms with Crippen molar-refractivity contribution in [1.82, 2.24) is 0 Å². The summed E-state index contributed by atoms with van der Waals surface area (Å²) in [5.74, 6) is 1.81.